The third-order valence-corrected chi connectivity index (χ3v) is 5.23. The van der Waals surface area contributed by atoms with Gasteiger partial charge in [0.1, 0.15) is 7.92 Å². The Balaban J connectivity index is 1.89. The summed E-state index contributed by atoms with van der Waals surface area (Å²) in [7, 11) is -1.14. The Morgan fingerprint density at radius 2 is 0.679 bits per heavy atom. The summed E-state index contributed by atoms with van der Waals surface area (Å²) in [6.07, 6.45) is 0. The van der Waals surface area contributed by atoms with Crippen LogP contribution in [0, 0.1) is 34.7 Å². The zero-order valence-electron chi connectivity index (χ0n) is 14.5. The van der Waals surface area contributed by atoms with Crippen LogP contribution in [-0.2, 0) is 0 Å². The van der Waals surface area contributed by atoms with Crippen molar-refractivity contribution in [1.82, 2.24) is 0 Å². The van der Waals surface area contributed by atoms with Crippen LogP contribution in [0.5, 0.6) is 0 Å². The summed E-state index contributed by atoms with van der Waals surface area (Å²) in [6.45, 7) is 0. The van der Waals surface area contributed by atoms with Gasteiger partial charge in [-0.2, -0.15) is 0 Å². The standard InChI is InChI=1S/C24H12Cl3P/c25-22-7-1-19(2-8-22)13-16-28(17-14-20-3-9-23(26)10-4-20)18-15-21-5-11-24(27)12-6-21/h1-12H. The maximum absolute atomic E-state index is 5.92. The number of rotatable bonds is 0. The normalized spacial score (nSPS) is 9.43. The van der Waals surface area contributed by atoms with Crippen molar-refractivity contribution in [2.45, 2.75) is 0 Å². The highest BCUT2D eigenvalue weighted by Gasteiger charge is 1.97. The van der Waals surface area contributed by atoms with E-state index >= 15 is 0 Å². The molecular weight excluding hydrogens is 426 g/mol. The molecule has 0 aromatic heterocycles. The van der Waals surface area contributed by atoms with Gasteiger partial charge >= 0.3 is 0 Å². The van der Waals surface area contributed by atoms with Gasteiger partial charge in [-0.1, -0.05) is 52.6 Å². The number of hydrogen-bond donors (Lipinski definition) is 0. The molecule has 3 aromatic rings. The number of benzene rings is 3. The lowest BCUT2D eigenvalue weighted by Crippen LogP contribution is -1.75. The lowest BCUT2D eigenvalue weighted by atomic mass is 10.2. The Morgan fingerprint density at radius 1 is 0.429 bits per heavy atom. The Morgan fingerprint density at radius 3 is 0.929 bits per heavy atom. The van der Waals surface area contributed by atoms with Crippen molar-refractivity contribution < 1.29 is 0 Å². The van der Waals surface area contributed by atoms with Gasteiger partial charge in [0.15, 0.2) is 0 Å². The maximum Gasteiger partial charge on any atom is 0.128 e. The van der Waals surface area contributed by atoms with Gasteiger partial charge in [0.25, 0.3) is 0 Å². The largest absolute Gasteiger partial charge is 0.128 e. The van der Waals surface area contributed by atoms with E-state index in [0.29, 0.717) is 15.1 Å². The van der Waals surface area contributed by atoms with Crippen molar-refractivity contribution in [3.63, 3.8) is 0 Å². The quantitative estimate of drug-likeness (QED) is 0.253. The van der Waals surface area contributed by atoms with Gasteiger partial charge in [-0.25, -0.2) is 0 Å². The SMILES string of the molecule is Clc1ccc(C#CP(C#Cc2ccc(Cl)cc2)C#Cc2ccc(Cl)cc2)cc1. The van der Waals surface area contributed by atoms with Crippen LogP contribution in [0.25, 0.3) is 0 Å². The first-order valence-corrected chi connectivity index (χ1v) is 10.7. The van der Waals surface area contributed by atoms with Crippen molar-refractivity contribution in [2.75, 3.05) is 0 Å². The highest BCUT2D eigenvalue weighted by molar-refractivity contribution is 7.72. The first-order valence-electron chi connectivity index (χ1n) is 8.20. The summed E-state index contributed by atoms with van der Waals surface area (Å²) in [5.74, 6) is 9.41. The summed E-state index contributed by atoms with van der Waals surface area (Å²) in [5.41, 5.74) is 12.2. The van der Waals surface area contributed by atoms with Crippen LogP contribution in [0.3, 0.4) is 0 Å². The van der Waals surface area contributed by atoms with Crippen LogP contribution in [0.4, 0.5) is 0 Å². The van der Waals surface area contributed by atoms with Crippen LogP contribution < -0.4 is 0 Å². The lowest BCUT2D eigenvalue weighted by molar-refractivity contribution is 1.65. The van der Waals surface area contributed by atoms with E-state index in [0.717, 1.165) is 16.7 Å². The van der Waals surface area contributed by atoms with Crippen molar-refractivity contribution in [1.29, 1.82) is 0 Å². The molecule has 28 heavy (non-hydrogen) atoms. The third-order valence-electron chi connectivity index (χ3n) is 3.47. The molecule has 0 aliphatic heterocycles. The number of halogens is 3. The van der Waals surface area contributed by atoms with E-state index < -0.39 is 7.92 Å². The van der Waals surface area contributed by atoms with Gasteiger partial charge in [0, 0.05) is 31.8 Å². The molecule has 0 fully saturated rings. The summed E-state index contributed by atoms with van der Waals surface area (Å²) >= 11 is 17.8. The average molecular weight is 438 g/mol. The molecule has 0 saturated heterocycles. The van der Waals surface area contributed by atoms with E-state index in [1.807, 2.05) is 72.8 Å². The lowest BCUT2D eigenvalue weighted by Gasteiger charge is -1.94. The van der Waals surface area contributed by atoms with Gasteiger partial charge in [-0.3, -0.25) is 0 Å². The Kier molecular flexibility index (Phi) is 7.46. The fourth-order valence-electron chi connectivity index (χ4n) is 2.04. The minimum atomic E-state index is -1.14. The predicted molar refractivity (Wildman–Crippen MR) is 122 cm³/mol. The zero-order valence-corrected chi connectivity index (χ0v) is 17.7. The number of hydrogen-bond acceptors (Lipinski definition) is 0. The minimum Gasteiger partial charge on any atom is -0.0843 e. The van der Waals surface area contributed by atoms with Crippen LogP contribution in [0.15, 0.2) is 72.8 Å². The Bertz CT molecular complexity index is 978. The van der Waals surface area contributed by atoms with E-state index in [-0.39, 0.29) is 0 Å². The van der Waals surface area contributed by atoms with E-state index in [9.17, 15) is 0 Å². The molecule has 0 nitrogen and oxygen atoms in total. The Hall–Kier alpha value is -2.36. The van der Waals surface area contributed by atoms with E-state index in [1.54, 1.807) is 0 Å². The minimum absolute atomic E-state index is 0.679. The first-order chi connectivity index (χ1) is 13.6. The molecule has 0 bridgehead atoms. The molecule has 134 valence electrons. The smallest absolute Gasteiger partial charge is 0.0843 e. The summed E-state index contributed by atoms with van der Waals surface area (Å²) in [5, 5.41) is 2.04. The average Bonchev–Trinajstić information content (AvgIpc) is 2.71. The van der Waals surface area contributed by atoms with Crippen LogP contribution in [-0.4, -0.2) is 0 Å². The van der Waals surface area contributed by atoms with E-state index in [1.165, 1.54) is 0 Å². The molecule has 0 atom stereocenters. The molecular formula is C24H12Cl3P. The molecule has 0 unspecified atom stereocenters. The molecule has 3 aromatic carbocycles. The van der Waals surface area contributed by atoms with E-state index in [2.05, 4.69) is 34.7 Å². The molecule has 0 spiro atoms. The summed E-state index contributed by atoms with van der Waals surface area (Å²) < 4.78 is 0. The van der Waals surface area contributed by atoms with Crippen LogP contribution in [0.2, 0.25) is 15.1 Å². The van der Waals surface area contributed by atoms with Gasteiger partial charge in [-0.15, -0.1) is 0 Å². The molecule has 0 heterocycles. The molecule has 0 amide bonds. The molecule has 0 aliphatic rings. The maximum atomic E-state index is 5.92. The van der Waals surface area contributed by atoms with Gasteiger partial charge in [0.05, 0.1) is 0 Å². The third kappa shape index (κ3) is 6.66. The summed E-state index contributed by atoms with van der Waals surface area (Å²) in [6, 6.07) is 22.1. The van der Waals surface area contributed by atoms with Crippen molar-refractivity contribution in [2.24, 2.45) is 0 Å². The predicted octanol–water partition coefficient (Wildman–Crippen LogP) is 7.46. The second-order valence-electron chi connectivity index (χ2n) is 5.57. The summed E-state index contributed by atoms with van der Waals surface area (Å²) in [4.78, 5) is 0. The highest BCUT2D eigenvalue weighted by atomic mass is 35.5. The van der Waals surface area contributed by atoms with Crippen LogP contribution >= 0.6 is 42.7 Å². The second kappa shape index (κ2) is 10.3. The molecule has 0 radical (unpaired) electrons. The molecule has 4 heteroatoms. The van der Waals surface area contributed by atoms with Gasteiger partial charge < -0.3 is 0 Å². The monoisotopic (exact) mass is 436 g/mol. The molecule has 0 aliphatic carbocycles. The van der Waals surface area contributed by atoms with Crippen molar-refractivity contribution in [3.8, 4) is 34.7 Å². The van der Waals surface area contributed by atoms with Crippen molar-refractivity contribution >= 4 is 42.7 Å². The first kappa shape index (κ1) is 20.4. The van der Waals surface area contributed by atoms with E-state index in [4.69, 9.17) is 34.8 Å². The molecule has 0 N–H and O–H groups in total. The zero-order chi connectivity index (χ0) is 19.8. The molecule has 0 saturated carbocycles. The topological polar surface area (TPSA) is 0 Å². The fourth-order valence-corrected chi connectivity index (χ4v) is 3.31. The van der Waals surface area contributed by atoms with Crippen LogP contribution in [0.1, 0.15) is 16.7 Å². The molecule has 3 rings (SSSR count). The van der Waals surface area contributed by atoms with Gasteiger partial charge in [-0.05, 0) is 89.8 Å². The highest BCUT2D eigenvalue weighted by Crippen LogP contribution is 2.31. The fraction of sp³-hybridized carbons (Fsp3) is 0. The second-order valence-corrected chi connectivity index (χ2v) is 8.22. The van der Waals surface area contributed by atoms with Crippen molar-refractivity contribution in [3.05, 3.63) is 105 Å². The van der Waals surface area contributed by atoms with Gasteiger partial charge in [0.2, 0.25) is 0 Å². The Labute approximate surface area is 181 Å².